The number of hydrogen-bond acceptors (Lipinski definition) is 5. The van der Waals surface area contributed by atoms with Crippen molar-refractivity contribution in [3.05, 3.63) is 65.2 Å². The van der Waals surface area contributed by atoms with Crippen molar-refractivity contribution in [2.45, 2.75) is 19.4 Å². The van der Waals surface area contributed by atoms with Gasteiger partial charge in [0.1, 0.15) is 6.04 Å². The summed E-state index contributed by atoms with van der Waals surface area (Å²) < 4.78 is 5.05. The summed E-state index contributed by atoms with van der Waals surface area (Å²) in [5.41, 5.74) is 0.834. The van der Waals surface area contributed by atoms with Crippen LogP contribution in [0.2, 0.25) is 5.02 Å². The van der Waals surface area contributed by atoms with Crippen molar-refractivity contribution in [1.82, 2.24) is 5.32 Å². The summed E-state index contributed by atoms with van der Waals surface area (Å²) >= 11 is 5.97. The number of amides is 2. The van der Waals surface area contributed by atoms with Crippen molar-refractivity contribution in [3.8, 4) is 6.07 Å². The SMILES string of the molecule is C[C@H](NC(=O)c1ccccc1Cl)C(=O)OCC(=O)N(CCC#N)c1ccccc1. The van der Waals surface area contributed by atoms with Gasteiger partial charge in [-0.05, 0) is 31.2 Å². The van der Waals surface area contributed by atoms with Crippen LogP contribution in [0.4, 0.5) is 5.69 Å². The highest BCUT2D eigenvalue weighted by Gasteiger charge is 2.22. The Hall–Kier alpha value is -3.37. The molecule has 0 heterocycles. The van der Waals surface area contributed by atoms with Gasteiger partial charge in [-0.1, -0.05) is 41.9 Å². The quantitative estimate of drug-likeness (QED) is 0.670. The molecule has 0 radical (unpaired) electrons. The minimum absolute atomic E-state index is 0.138. The van der Waals surface area contributed by atoms with Gasteiger partial charge < -0.3 is 15.0 Å². The third-order valence-electron chi connectivity index (χ3n) is 3.97. The lowest BCUT2D eigenvalue weighted by Gasteiger charge is -2.22. The highest BCUT2D eigenvalue weighted by molar-refractivity contribution is 6.33. The molecule has 2 aromatic rings. The van der Waals surface area contributed by atoms with Crippen LogP contribution in [0.25, 0.3) is 0 Å². The largest absolute Gasteiger partial charge is 0.454 e. The summed E-state index contributed by atoms with van der Waals surface area (Å²) in [5, 5.41) is 11.6. The molecule has 7 nitrogen and oxygen atoms in total. The van der Waals surface area contributed by atoms with E-state index in [9.17, 15) is 14.4 Å². The number of nitrogens with zero attached hydrogens (tertiary/aromatic N) is 2. The normalized spacial score (nSPS) is 11.1. The average Bonchev–Trinajstić information content (AvgIpc) is 2.73. The fraction of sp³-hybridized carbons (Fsp3) is 0.238. The van der Waals surface area contributed by atoms with Crippen LogP contribution in [0, 0.1) is 11.3 Å². The minimum Gasteiger partial charge on any atom is -0.454 e. The number of hydrogen-bond donors (Lipinski definition) is 1. The standard InChI is InChI=1S/C21H20ClN3O4/c1-15(24-20(27)17-10-5-6-11-18(17)22)21(28)29-14-19(26)25(13-7-12-23)16-8-3-2-4-9-16/h2-6,8-11,15H,7,13-14H2,1H3,(H,24,27)/t15-/m0/s1. The van der Waals surface area contributed by atoms with E-state index in [4.69, 9.17) is 21.6 Å². The van der Waals surface area contributed by atoms with Crippen LogP contribution in [0.1, 0.15) is 23.7 Å². The highest BCUT2D eigenvalue weighted by atomic mass is 35.5. The van der Waals surface area contributed by atoms with E-state index in [2.05, 4.69) is 5.32 Å². The first-order valence-electron chi connectivity index (χ1n) is 8.88. The molecule has 0 aromatic heterocycles. The van der Waals surface area contributed by atoms with Crippen LogP contribution in [0.5, 0.6) is 0 Å². The summed E-state index contributed by atoms with van der Waals surface area (Å²) in [6.07, 6.45) is 0.138. The lowest BCUT2D eigenvalue weighted by atomic mass is 10.2. The summed E-state index contributed by atoms with van der Waals surface area (Å²) in [6.45, 7) is 1.12. The van der Waals surface area contributed by atoms with E-state index < -0.39 is 30.4 Å². The molecule has 0 fully saturated rings. The Bertz CT molecular complexity index is 912. The molecule has 1 atom stereocenters. The van der Waals surface area contributed by atoms with E-state index in [1.165, 1.54) is 17.9 Å². The molecule has 2 amide bonds. The van der Waals surface area contributed by atoms with Gasteiger partial charge in [0.25, 0.3) is 11.8 Å². The molecule has 29 heavy (non-hydrogen) atoms. The summed E-state index contributed by atoms with van der Waals surface area (Å²) in [7, 11) is 0. The molecule has 0 bridgehead atoms. The van der Waals surface area contributed by atoms with E-state index in [1.54, 1.807) is 48.5 Å². The third-order valence-corrected chi connectivity index (χ3v) is 4.30. The fourth-order valence-corrected chi connectivity index (χ4v) is 2.70. The topological polar surface area (TPSA) is 99.5 Å². The number of halogens is 1. The molecule has 1 N–H and O–H groups in total. The molecule has 2 rings (SSSR count). The van der Waals surface area contributed by atoms with E-state index >= 15 is 0 Å². The highest BCUT2D eigenvalue weighted by Crippen LogP contribution is 2.15. The molecular formula is C21H20ClN3O4. The molecule has 8 heteroatoms. The fourth-order valence-electron chi connectivity index (χ4n) is 2.48. The van der Waals surface area contributed by atoms with E-state index in [-0.39, 0.29) is 23.6 Å². The number of anilines is 1. The van der Waals surface area contributed by atoms with Gasteiger partial charge in [0, 0.05) is 12.2 Å². The van der Waals surface area contributed by atoms with Crippen LogP contribution < -0.4 is 10.2 Å². The maximum absolute atomic E-state index is 12.5. The van der Waals surface area contributed by atoms with Crippen LogP contribution in [0.15, 0.2) is 54.6 Å². The lowest BCUT2D eigenvalue weighted by Crippen LogP contribution is -2.42. The smallest absolute Gasteiger partial charge is 0.328 e. The van der Waals surface area contributed by atoms with Crippen molar-refractivity contribution in [3.63, 3.8) is 0 Å². The van der Waals surface area contributed by atoms with Gasteiger partial charge in [-0.3, -0.25) is 9.59 Å². The zero-order valence-corrected chi connectivity index (χ0v) is 16.6. The van der Waals surface area contributed by atoms with Crippen molar-refractivity contribution in [2.75, 3.05) is 18.1 Å². The van der Waals surface area contributed by atoms with Crippen LogP contribution in [-0.4, -0.2) is 37.0 Å². The number of carbonyl (C=O) groups is 3. The van der Waals surface area contributed by atoms with Crippen molar-refractivity contribution >= 4 is 35.1 Å². The van der Waals surface area contributed by atoms with Gasteiger partial charge in [-0.15, -0.1) is 0 Å². The number of esters is 1. The zero-order valence-electron chi connectivity index (χ0n) is 15.8. The molecule has 0 saturated carbocycles. The van der Waals surface area contributed by atoms with Gasteiger partial charge in [0.15, 0.2) is 6.61 Å². The van der Waals surface area contributed by atoms with Gasteiger partial charge in [0.2, 0.25) is 0 Å². The summed E-state index contributed by atoms with van der Waals surface area (Å²) in [6, 6.07) is 16.2. The van der Waals surface area contributed by atoms with E-state index in [1.807, 2.05) is 6.07 Å². The van der Waals surface area contributed by atoms with E-state index in [0.29, 0.717) is 5.69 Å². The van der Waals surface area contributed by atoms with Crippen LogP contribution in [0.3, 0.4) is 0 Å². The zero-order chi connectivity index (χ0) is 21.2. The first-order chi connectivity index (χ1) is 13.9. The molecule has 2 aromatic carbocycles. The number of carbonyl (C=O) groups excluding carboxylic acids is 3. The van der Waals surface area contributed by atoms with Crippen molar-refractivity contribution in [1.29, 1.82) is 5.26 Å². The Labute approximate surface area is 173 Å². The number of benzene rings is 2. The Balaban J connectivity index is 1.93. The summed E-state index contributed by atoms with van der Waals surface area (Å²) in [5.74, 6) is -1.75. The van der Waals surface area contributed by atoms with Gasteiger partial charge in [0.05, 0.1) is 23.1 Å². The van der Waals surface area contributed by atoms with Crippen LogP contribution >= 0.6 is 11.6 Å². The summed E-state index contributed by atoms with van der Waals surface area (Å²) in [4.78, 5) is 38.3. The molecule has 0 spiro atoms. The Morgan fingerprint density at radius 3 is 2.45 bits per heavy atom. The number of para-hydroxylation sites is 1. The molecule has 0 aliphatic rings. The third kappa shape index (κ3) is 6.33. The number of nitriles is 1. The maximum atomic E-state index is 12.5. The second kappa shape index (κ2) is 10.8. The number of nitrogens with one attached hydrogen (secondary N) is 1. The molecule has 150 valence electrons. The maximum Gasteiger partial charge on any atom is 0.328 e. The average molecular weight is 414 g/mol. The predicted octanol–water partition coefficient (Wildman–Crippen LogP) is 2.95. The van der Waals surface area contributed by atoms with Gasteiger partial charge in [-0.2, -0.15) is 5.26 Å². The minimum atomic E-state index is -0.976. The second-order valence-corrected chi connectivity index (χ2v) is 6.48. The molecule has 0 saturated heterocycles. The van der Waals surface area contributed by atoms with Crippen molar-refractivity contribution < 1.29 is 19.1 Å². The monoisotopic (exact) mass is 413 g/mol. The van der Waals surface area contributed by atoms with Gasteiger partial charge >= 0.3 is 5.97 Å². The predicted molar refractivity (Wildman–Crippen MR) is 108 cm³/mol. The molecule has 0 unspecified atom stereocenters. The van der Waals surface area contributed by atoms with Crippen LogP contribution in [-0.2, 0) is 14.3 Å². The van der Waals surface area contributed by atoms with Crippen molar-refractivity contribution in [2.24, 2.45) is 0 Å². The number of ether oxygens (including phenoxy) is 1. The lowest BCUT2D eigenvalue weighted by molar-refractivity contribution is -0.149. The number of rotatable bonds is 8. The Morgan fingerprint density at radius 2 is 1.79 bits per heavy atom. The first-order valence-corrected chi connectivity index (χ1v) is 9.26. The molecule has 0 aliphatic heterocycles. The second-order valence-electron chi connectivity index (χ2n) is 6.07. The first kappa shape index (κ1) is 21.9. The molecular weight excluding hydrogens is 394 g/mol. The Morgan fingerprint density at radius 1 is 1.14 bits per heavy atom. The van der Waals surface area contributed by atoms with E-state index in [0.717, 1.165) is 0 Å². The van der Waals surface area contributed by atoms with Gasteiger partial charge in [-0.25, -0.2) is 4.79 Å². The molecule has 0 aliphatic carbocycles. The Kier molecular flexibility index (Phi) is 8.19.